The third kappa shape index (κ3) is 4.29. The molecular formula is C18H18BrNO4S. The molecule has 1 aliphatic rings. The van der Waals surface area contributed by atoms with E-state index in [1.807, 2.05) is 42.5 Å². The minimum absolute atomic E-state index is 0.0885. The lowest BCUT2D eigenvalue weighted by Crippen LogP contribution is -2.33. The predicted octanol–water partition coefficient (Wildman–Crippen LogP) is 3.82. The first-order valence-corrected chi connectivity index (χ1v) is 9.57. The van der Waals surface area contributed by atoms with Crippen LogP contribution in [-0.4, -0.2) is 30.0 Å². The molecule has 1 saturated heterocycles. The van der Waals surface area contributed by atoms with Gasteiger partial charge in [0.15, 0.2) is 11.5 Å². The van der Waals surface area contributed by atoms with Crippen molar-refractivity contribution in [2.75, 3.05) is 12.9 Å². The minimum atomic E-state index is -0.830. The SMILES string of the molecule is COc1cc([C@@H]2N[C@H](C(=O)O)CS2)cc(Br)c1OCc1ccccc1. The largest absolute Gasteiger partial charge is 0.493 e. The van der Waals surface area contributed by atoms with E-state index in [0.29, 0.717) is 23.9 Å². The van der Waals surface area contributed by atoms with Gasteiger partial charge in [0.05, 0.1) is 17.0 Å². The molecule has 3 rings (SSSR count). The van der Waals surface area contributed by atoms with Gasteiger partial charge in [0.2, 0.25) is 0 Å². The van der Waals surface area contributed by atoms with Gasteiger partial charge in [-0.05, 0) is 39.2 Å². The molecule has 2 aromatic rings. The summed E-state index contributed by atoms with van der Waals surface area (Å²) in [5.41, 5.74) is 2.02. The summed E-state index contributed by atoms with van der Waals surface area (Å²) >= 11 is 5.11. The van der Waals surface area contributed by atoms with Crippen LogP contribution in [0.25, 0.3) is 0 Å². The number of hydrogen-bond donors (Lipinski definition) is 2. The van der Waals surface area contributed by atoms with Gasteiger partial charge < -0.3 is 14.6 Å². The van der Waals surface area contributed by atoms with Crippen molar-refractivity contribution in [3.63, 3.8) is 0 Å². The number of carbonyl (C=O) groups is 1. The molecule has 2 atom stereocenters. The summed E-state index contributed by atoms with van der Waals surface area (Å²) in [6.45, 7) is 0.437. The second-order valence-corrected chi connectivity index (χ2v) is 7.57. The fraction of sp³-hybridized carbons (Fsp3) is 0.278. The zero-order valence-electron chi connectivity index (χ0n) is 13.6. The maximum atomic E-state index is 11.1. The van der Waals surface area contributed by atoms with Gasteiger partial charge >= 0.3 is 5.97 Å². The summed E-state index contributed by atoms with van der Waals surface area (Å²) in [7, 11) is 1.59. The molecule has 2 aromatic carbocycles. The molecule has 0 radical (unpaired) electrons. The second kappa shape index (κ2) is 8.12. The number of thioether (sulfide) groups is 1. The van der Waals surface area contributed by atoms with E-state index in [-0.39, 0.29) is 5.37 Å². The molecular weight excluding hydrogens is 406 g/mol. The number of carboxylic acids is 1. The van der Waals surface area contributed by atoms with E-state index < -0.39 is 12.0 Å². The van der Waals surface area contributed by atoms with Crippen molar-refractivity contribution >= 4 is 33.7 Å². The summed E-state index contributed by atoms with van der Waals surface area (Å²) in [5.74, 6) is 0.949. The van der Waals surface area contributed by atoms with Crippen molar-refractivity contribution in [2.45, 2.75) is 18.0 Å². The minimum Gasteiger partial charge on any atom is -0.493 e. The molecule has 0 amide bonds. The van der Waals surface area contributed by atoms with Crippen LogP contribution in [-0.2, 0) is 11.4 Å². The number of methoxy groups -OCH3 is 1. The van der Waals surface area contributed by atoms with Gasteiger partial charge in [0.25, 0.3) is 0 Å². The van der Waals surface area contributed by atoms with Crippen molar-refractivity contribution in [3.05, 3.63) is 58.1 Å². The van der Waals surface area contributed by atoms with Crippen molar-refractivity contribution in [1.29, 1.82) is 0 Å². The molecule has 2 N–H and O–H groups in total. The van der Waals surface area contributed by atoms with E-state index >= 15 is 0 Å². The average molecular weight is 424 g/mol. The van der Waals surface area contributed by atoms with Crippen LogP contribution in [0.2, 0.25) is 0 Å². The molecule has 0 aliphatic carbocycles. The Hall–Kier alpha value is -1.70. The van der Waals surface area contributed by atoms with Gasteiger partial charge in [-0.15, -0.1) is 11.8 Å². The number of nitrogens with one attached hydrogen (secondary N) is 1. The van der Waals surface area contributed by atoms with Crippen LogP contribution >= 0.6 is 27.7 Å². The van der Waals surface area contributed by atoms with E-state index in [1.165, 1.54) is 0 Å². The molecule has 0 bridgehead atoms. The fourth-order valence-electron chi connectivity index (χ4n) is 2.57. The first-order chi connectivity index (χ1) is 12.1. The highest BCUT2D eigenvalue weighted by Crippen LogP contribution is 2.42. The molecule has 0 unspecified atom stereocenters. The highest BCUT2D eigenvalue weighted by atomic mass is 79.9. The third-order valence-electron chi connectivity index (χ3n) is 3.86. The van der Waals surface area contributed by atoms with Gasteiger partial charge in [-0.2, -0.15) is 0 Å². The standard InChI is InChI=1S/C18H18BrNO4S/c1-23-15-8-12(17-20-14(10-25-17)18(21)22)7-13(19)16(15)24-9-11-5-3-2-4-6-11/h2-8,14,17,20H,9-10H2,1H3,(H,21,22)/t14-,17+/m0/s1. The van der Waals surface area contributed by atoms with Gasteiger partial charge in [-0.3, -0.25) is 10.1 Å². The van der Waals surface area contributed by atoms with Crippen molar-refractivity contribution < 1.29 is 19.4 Å². The van der Waals surface area contributed by atoms with Crippen LogP contribution in [0.1, 0.15) is 16.5 Å². The predicted molar refractivity (Wildman–Crippen MR) is 101 cm³/mol. The number of aliphatic carboxylic acids is 1. The van der Waals surface area contributed by atoms with Crippen LogP contribution in [0.4, 0.5) is 0 Å². The average Bonchev–Trinajstić information content (AvgIpc) is 3.11. The fourth-order valence-corrected chi connectivity index (χ4v) is 4.35. The number of halogens is 1. The maximum absolute atomic E-state index is 11.1. The van der Waals surface area contributed by atoms with E-state index in [0.717, 1.165) is 15.6 Å². The summed E-state index contributed by atoms with van der Waals surface area (Å²) in [6, 6.07) is 13.2. The number of hydrogen-bond acceptors (Lipinski definition) is 5. The smallest absolute Gasteiger partial charge is 0.321 e. The maximum Gasteiger partial charge on any atom is 0.321 e. The molecule has 7 heteroatoms. The van der Waals surface area contributed by atoms with Crippen molar-refractivity contribution in [1.82, 2.24) is 5.32 Å². The van der Waals surface area contributed by atoms with E-state index in [2.05, 4.69) is 21.2 Å². The molecule has 1 fully saturated rings. The van der Waals surface area contributed by atoms with Crippen molar-refractivity contribution in [2.24, 2.45) is 0 Å². The lowest BCUT2D eigenvalue weighted by molar-refractivity contribution is -0.138. The molecule has 1 aliphatic heterocycles. The van der Waals surface area contributed by atoms with Crippen LogP contribution in [0.15, 0.2) is 46.9 Å². The molecule has 1 heterocycles. The Labute approximate surface area is 158 Å². The Morgan fingerprint density at radius 1 is 1.36 bits per heavy atom. The zero-order chi connectivity index (χ0) is 17.8. The highest BCUT2D eigenvalue weighted by Gasteiger charge is 2.31. The first-order valence-electron chi connectivity index (χ1n) is 7.73. The summed E-state index contributed by atoms with van der Waals surface area (Å²) in [4.78, 5) is 11.1. The number of benzene rings is 2. The molecule has 0 aromatic heterocycles. The van der Waals surface area contributed by atoms with E-state index in [9.17, 15) is 4.79 Å². The normalized spacial score (nSPS) is 19.6. The van der Waals surface area contributed by atoms with E-state index in [1.54, 1.807) is 18.9 Å². The monoisotopic (exact) mass is 423 g/mol. The molecule has 0 saturated carbocycles. The Bertz CT molecular complexity index is 756. The van der Waals surface area contributed by atoms with Gasteiger partial charge in [0.1, 0.15) is 12.6 Å². The quantitative estimate of drug-likeness (QED) is 0.735. The lowest BCUT2D eigenvalue weighted by Gasteiger charge is -2.17. The Morgan fingerprint density at radius 2 is 2.12 bits per heavy atom. The highest BCUT2D eigenvalue weighted by molar-refractivity contribution is 9.10. The van der Waals surface area contributed by atoms with Crippen molar-refractivity contribution in [3.8, 4) is 11.5 Å². The Balaban J connectivity index is 1.78. The van der Waals surface area contributed by atoms with Gasteiger partial charge in [-0.1, -0.05) is 30.3 Å². The lowest BCUT2D eigenvalue weighted by atomic mass is 10.2. The molecule has 132 valence electrons. The Kier molecular flexibility index (Phi) is 5.88. The van der Waals surface area contributed by atoms with Crippen LogP contribution in [0, 0.1) is 0 Å². The summed E-state index contributed by atoms with van der Waals surface area (Å²) in [5, 5.41) is 12.1. The number of rotatable bonds is 6. The second-order valence-electron chi connectivity index (χ2n) is 5.58. The summed E-state index contributed by atoms with van der Waals surface area (Å²) < 4.78 is 12.2. The zero-order valence-corrected chi connectivity index (χ0v) is 16.0. The topological polar surface area (TPSA) is 67.8 Å². The van der Waals surface area contributed by atoms with Gasteiger partial charge in [-0.25, -0.2) is 0 Å². The van der Waals surface area contributed by atoms with E-state index in [4.69, 9.17) is 14.6 Å². The van der Waals surface area contributed by atoms with Crippen LogP contribution < -0.4 is 14.8 Å². The Morgan fingerprint density at radius 3 is 2.76 bits per heavy atom. The molecule has 25 heavy (non-hydrogen) atoms. The third-order valence-corrected chi connectivity index (χ3v) is 5.72. The summed E-state index contributed by atoms with van der Waals surface area (Å²) in [6.07, 6.45) is 0. The number of carboxylic acid groups (broad SMARTS) is 1. The molecule has 5 nitrogen and oxygen atoms in total. The van der Waals surface area contributed by atoms with Crippen LogP contribution in [0.3, 0.4) is 0 Å². The first kappa shape index (κ1) is 18.1. The van der Waals surface area contributed by atoms with Crippen LogP contribution in [0.5, 0.6) is 11.5 Å². The molecule has 0 spiro atoms. The number of ether oxygens (including phenoxy) is 2. The van der Waals surface area contributed by atoms with Gasteiger partial charge in [0, 0.05) is 5.75 Å².